The highest BCUT2D eigenvalue weighted by Gasteiger charge is 2.10. The molecule has 1 unspecified atom stereocenters. The van der Waals surface area contributed by atoms with Gasteiger partial charge in [-0.1, -0.05) is 20.8 Å². The van der Waals surface area contributed by atoms with Crippen LogP contribution in [-0.4, -0.2) is 10.9 Å². The molecule has 0 spiro atoms. The highest BCUT2D eigenvalue weighted by atomic mass is 16.1. The number of anilines is 2. The molecule has 0 aliphatic heterocycles. The molecule has 0 aliphatic rings. The lowest BCUT2D eigenvalue weighted by atomic mass is 9.96. The zero-order chi connectivity index (χ0) is 12.8. The Morgan fingerprint density at radius 3 is 2.65 bits per heavy atom. The summed E-state index contributed by atoms with van der Waals surface area (Å²) in [6.07, 6.45) is 3.18. The number of nitrogens with two attached hydrogens (primary N) is 1. The van der Waals surface area contributed by atoms with Crippen molar-refractivity contribution < 1.29 is 4.79 Å². The third kappa shape index (κ3) is 5.33. The van der Waals surface area contributed by atoms with E-state index < -0.39 is 0 Å². The number of rotatable bonds is 5. The number of nitrogen functional groups attached to an aromatic ring is 1. The molecule has 17 heavy (non-hydrogen) atoms. The zero-order valence-corrected chi connectivity index (χ0v) is 10.7. The predicted molar refractivity (Wildman–Crippen MR) is 70.5 cm³/mol. The fourth-order valence-electron chi connectivity index (χ4n) is 1.90. The van der Waals surface area contributed by atoms with Crippen molar-refractivity contribution in [1.29, 1.82) is 0 Å². The minimum atomic E-state index is 0.0321. The molecule has 0 saturated heterocycles. The van der Waals surface area contributed by atoms with E-state index >= 15 is 0 Å². The van der Waals surface area contributed by atoms with Gasteiger partial charge in [-0.15, -0.1) is 0 Å². The van der Waals surface area contributed by atoms with Crippen molar-refractivity contribution in [3.63, 3.8) is 0 Å². The number of hydrogen-bond donors (Lipinski definition) is 2. The van der Waals surface area contributed by atoms with Crippen LogP contribution in [0.5, 0.6) is 0 Å². The lowest BCUT2D eigenvalue weighted by molar-refractivity contribution is -0.117. The van der Waals surface area contributed by atoms with E-state index in [2.05, 4.69) is 31.1 Å². The second-order valence-corrected chi connectivity index (χ2v) is 4.96. The second kappa shape index (κ2) is 6.23. The smallest absolute Gasteiger partial charge is 0.224 e. The van der Waals surface area contributed by atoms with Gasteiger partial charge < -0.3 is 11.1 Å². The molecule has 1 aromatic heterocycles. The van der Waals surface area contributed by atoms with Crippen LogP contribution in [0.25, 0.3) is 0 Å². The van der Waals surface area contributed by atoms with Crippen molar-refractivity contribution in [3.8, 4) is 0 Å². The van der Waals surface area contributed by atoms with Crippen LogP contribution in [0.2, 0.25) is 0 Å². The van der Waals surface area contributed by atoms with Crippen LogP contribution in [0, 0.1) is 11.8 Å². The zero-order valence-electron chi connectivity index (χ0n) is 10.7. The number of pyridine rings is 1. The third-order valence-corrected chi connectivity index (χ3v) is 2.48. The first-order valence-electron chi connectivity index (χ1n) is 5.98. The van der Waals surface area contributed by atoms with E-state index in [9.17, 15) is 4.79 Å². The quantitative estimate of drug-likeness (QED) is 0.824. The minimum absolute atomic E-state index is 0.0321. The van der Waals surface area contributed by atoms with Crippen LogP contribution in [0.1, 0.15) is 33.6 Å². The van der Waals surface area contributed by atoms with Gasteiger partial charge >= 0.3 is 0 Å². The minimum Gasteiger partial charge on any atom is -0.384 e. The van der Waals surface area contributed by atoms with Gasteiger partial charge in [0, 0.05) is 6.42 Å². The van der Waals surface area contributed by atoms with Crippen LogP contribution in [0.15, 0.2) is 18.3 Å². The van der Waals surface area contributed by atoms with Crippen LogP contribution in [-0.2, 0) is 4.79 Å². The lowest BCUT2D eigenvalue weighted by Gasteiger charge is -2.13. The van der Waals surface area contributed by atoms with E-state index in [4.69, 9.17) is 5.73 Å². The monoisotopic (exact) mass is 235 g/mol. The van der Waals surface area contributed by atoms with Crippen molar-refractivity contribution in [2.75, 3.05) is 11.1 Å². The first kappa shape index (κ1) is 13.5. The van der Waals surface area contributed by atoms with Crippen molar-refractivity contribution in [2.45, 2.75) is 33.6 Å². The lowest BCUT2D eigenvalue weighted by Crippen LogP contribution is -2.16. The Hall–Kier alpha value is -1.58. The van der Waals surface area contributed by atoms with Crippen molar-refractivity contribution in [3.05, 3.63) is 18.3 Å². The highest BCUT2D eigenvalue weighted by Crippen LogP contribution is 2.15. The molecule has 0 bridgehead atoms. The Morgan fingerprint density at radius 1 is 1.41 bits per heavy atom. The molecule has 94 valence electrons. The van der Waals surface area contributed by atoms with E-state index in [0.717, 1.165) is 6.42 Å². The summed E-state index contributed by atoms with van der Waals surface area (Å²) in [5.41, 5.74) is 6.16. The molecule has 0 aliphatic carbocycles. The van der Waals surface area contributed by atoms with Gasteiger partial charge in [-0.25, -0.2) is 4.98 Å². The molecule has 4 nitrogen and oxygen atoms in total. The molecule has 0 fully saturated rings. The summed E-state index contributed by atoms with van der Waals surface area (Å²) in [6, 6.07) is 3.43. The van der Waals surface area contributed by atoms with Gasteiger partial charge in [0.1, 0.15) is 5.82 Å². The number of nitrogens with one attached hydrogen (secondary N) is 1. The van der Waals surface area contributed by atoms with E-state index in [0.29, 0.717) is 29.8 Å². The van der Waals surface area contributed by atoms with Gasteiger partial charge in [-0.05, 0) is 30.4 Å². The summed E-state index contributed by atoms with van der Waals surface area (Å²) >= 11 is 0. The SMILES string of the molecule is CC(C)CC(C)CC(=O)Nc1ccc(N)nc1. The molecule has 1 heterocycles. The Balaban J connectivity index is 2.41. The molecule has 0 radical (unpaired) electrons. The maximum absolute atomic E-state index is 11.7. The van der Waals surface area contributed by atoms with Crippen LogP contribution in [0.3, 0.4) is 0 Å². The fourth-order valence-corrected chi connectivity index (χ4v) is 1.90. The molecule has 0 aromatic carbocycles. The Bertz CT molecular complexity index is 359. The first-order valence-corrected chi connectivity index (χ1v) is 5.98. The van der Waals surface area contributed by atoms with Crippen molar-refractivity contribution >= 4 is 17.4 Å². The number of carbonyl (C=O) groups excluding carboxylic acids is 1. The Morgan fingerprint density at radius 2 is 2.12 bits per heavy atom. The van der Waals surface area contributed by atoms with Gasteiger partial charge in [0.15, 0.2) is 0 Å². The topological polar surface area (TPSA) is 68.0 Å². The molecule has 4 heteroatoms. The first-order chi connectivity index (χ1) is 7.97. The summed E-state index contributed by atoms with van der Waals surface area (Å²) in [6.45, 7) is 6.43. The normalized spacial score (nSPS) is 12.5. The summed E-state index contributed by atoms with van der Waals surface area (Å²) < 4.78 is 0. The van der Waals surface area contributed by atoms with Crippen LogP contribution in [0.4, 0.5) is 11.5 Å². The average molecular weight is 235 g/mol. The van der Waals surface area contributed by atoms with Crippen molar-refractivity contribution in [2.24, 2.45) is 11.8 Å². The van der Waals surface area contributed by atoms with E-state index in [-0.39, 0.29) is 5.91 Å². The summed E-state index contributed by atoms with van der Waals surface area (Å²) in [5.74, 6) is 1.51. The maximum atomic E-state index is 11.7. The number of nitrogens with zero attached hydrogens (tertiary/aromatic N) is 1. The maximum Gasteiger partial charge on any atom is 0.224 e. The summed E-state index contributed by atoms with van der Waals surface area (Å²) in [4.78, 5) is 15.6. The summed E-state index contributed by atoms with van der Waals surface area (Å²) in [5, 5.41) is 2.82. The number of aromatic nitrogens is 1. The molecule has 1 amide bonds. The molecule has 3 N–H and O–H groups in total. The number of hydrogen-bond acceptors (Lipinski definition) is 3. The van der Waals surface area contributed by atoms with Crippen molar-refractivity contribution in [1.82, 2.24) is 4.98 Å². The number of amides is 1. The molecule has 0 saturated carbocycles. The largest absolute Gasteiger partial charge is 0.384 e. The average Bonchev–Trinajstić information content (AvgIpc) is 2.19. The van der Waals surface area contributed by atoms with Gasteiger partial charge in [0.2, 0.25) is 5.91 Å². The second-order valence-electron chi connectivity index (χ2n) is 4.96. The standard InChI is InChI=1S/C13H21N3O/c1-9(2)6-10(3)7-13(17)16-11-4-5-12(14)15-8-11/h4-5,8-10H,6-7H2,1-3H3,(H2,14,15)(H,16,17). The van der Waals surface area contributed by atoms with Gasteiger partial charge in [-0.2, -0.15) is 0 Å². The predicted octanol–water partition coefficient (Wildman–Crippen LogP) is 2.67. The molecule has 1 rings (SSSR count). The van der Waals surface area contributed by atoms with Gasteiger partial charge in [-0.3, -0.25) is 4.79 Å². The van der Waals surface area contributed by atoms with Crippen LogP contribution < -0.4 is 11.1 Å². The van der Waals surface area contributed by atoms with E-state index in [1.54, 1.807) is 18.3 Å². The fraction of sp³-hybridized carbons (Fsp3) is 0.538. The molecule has 1 atom stereocenters. The Kier molecular flexibility index (Phi) is 4.94. The van der Waals surface area contributed by atoms with E-state index in [1.807, 2.05) is 0 Å². The van der Waals surface area contributed by atoms with E-state index in [1.165, 1.54) is 0 Å². The molecular formula is C13H21N3O. The van der Waals surface area contributed by atoms with Gasteiger partial charge in [0.25, 0.3) is 0 Å². The summed E-state index contributed by atoms with van der Waals surface area (Å²) in [7, 11) is 0. The van der Waals surface area contributed by atoms with Gasteiger partial charge in [0.05, 0.1) is 11.9 Å². The molecule has 1 aromatic rings. The Labute approximate surface area is 103 Å². The van der Waals surface area contributed by atoms with Crippen LogP contribution >= 0.6 is 0 Å². The highest BCUT2D eigenvalue weighted by molar-refractivity contribution is 5.90. The number of carbonyl (C=O) groups is 1. The molecular weight excluding hydrogens is 214 g/mol. The third-order valence-electron chi connectivity index (χ3n) is 2.48.